The van der Waals surface area contributed by atoms with Crippen LogP contribution in [0.15, 0.2) is 67.3 Å². The van der Waals surface area contributed by atoms with Gasteiger partial charge in [0, 0.05) is 35.5 Å². The van der Waals surface area contributed by atoms with Crippen LogP contribution < -0.4 is 0 Å². The molecular weight excluding hydrogens is 591 g/mol. The van der Waals surface area contributed by atoms with Crippen molar-refractivity contribution < 1.29 is 4.79 Å². The lowest BCUT2D eigenvalue weighted by molar-refractivity contribution is 0.0710. The summed E-state index contributed by atoms with van der Waals surface area (Å²) >= 11 is 14.1. The van der Waals surface area contributed by atoms with E-state index in [0.29, 0.717) is 56.5 Å². The third-order valence-electron chi connectivity index (χ3n) is 7.67. The molecule has 7 rings (SSSR count). The summed E-state index contributed by atoms with van der Waals surface area (Å²) in [6, 6.07) is 13.5. The van der Waals surface area contributed by atoms with Gasteiger partial charge in [-0.25, -0.2) is 9.67 Å². The van der Waals surface area contributed by atoms with Crippen molar-refractivity contribution in [1.29, 1.82) is 0 Å². The predicted octanol–water partition coefficient (Wildman–Crippen LogP) is 6.69. The number of carbonyl (C=O) groups is 1. The number of nitrogens with zero attached hydrogens (tertiary/aromatic N) is 8. The summed E-state index contributed by atoms with van der Waals surface area (Å²) in [6.45, 7) is 5.45. The fraction of sp³-hybridized carbons (Fsp3) is 0.200. The molecule has 0 bridgehead atoms. The Labute approximate surface area is 255 Å². The Balaban J connectivity index is 1.15. The number of fused-ring (bicyclic) bond motifs is 2. The molecule has 0 N–H and O–H groups in total. The summed E-state index contributed by atoms with van der Waals surface area (Å²) < 4.78 is 3.80. The lowest BCUT2D eigenvalue weighted by Gasteiger charge is -2.28. The monoisotopic (exact) mass is 614 g/mol. The number of halogens is 2. The van der Waals surface area contributed by atoms with E-state index in [-0.39, 0.29) is 11.9 Å². The van der Waals surface area contributed by atoms with Crippen LogP contribution >= 0.6 is 34.5 Å². The minimum Gasteiger partial charge on any atom is -0.330 e. The van der Waals surface area contributed by atoms with Crippen molar-refractivity contribution in [3.05, 3.63) is 99.1 Å². The lowest BCUT2D eigenvalue weighted by atomic mass is 10.0. The quantitative estimate of drug-likeness (QED) is 0.215. The smallest absolute Gasteiger partial charge is 0.266 e. The van der Waals surface area contributed by atoms with Gasteiger partial charge in [-0.15, -0.1) is 16.4 Å². The Kier molecular flexibility index (Phi) is 6.76. The molecule has 42 heavy (non-hydrogen) atoms. The van der Waals surface area contributed by atoms with Crippen molar-refractivity contribution in [1.82, 2.24) is 39.6 Å². The number of pyridine rings is 1. The fourth-order valence-electron chi connectivity index (χ4n) is 5.42. The molecule has 1 atom stereocenters. The lowest BCUT2D eigenvalue weighted by Crippen LogP contribution is -2.38. The third-order valence-corrected chi connectivity index (χ3v) is 9.47. The molecule has 0 fully saturated rings. The second-order valence-electron chi connectivity index (χ2n) is 10.2. The molecule has 0 unspecified atom stereocenters. The molecule has 0 aliphatic carbocycles. The normalized spacial score (nSPS) is 13.9. The zero-order chi connectivity index (χ0) is 29.0. The maximum Gasteiger partial charge on any atom is 0.266 e. The van der Waals surface area contributed by atoms with Crippen LogP contribution in [0.5, 0.6) is 0 Å². The van der Waals surface area contributed by atoms with Crippen molar-refractivity contribution in [2.24, 2.45) is 0 Å². The van der Waals surface area contributed by atoms with E-state index < -0.39 is 0 Å². The number of aromatic nitrogens is 7. The van der Waals surface area contributed by atoms with Crippen molar-refractivity contribution in [3.63, 3.8) is 0 Å². The van der Waals surface area contributed by atoms with Gasteiger partial charge in [0.05, 0.1) is 53.0 Å². The molecule has 5 heterocycles. The summed E-state index contributed by atoms with van der Waals surface area (Å²) in [4.78, 5) is 25.0. The van der Waals surface area contributed by atoms with Crippen LogP contribution in [-0.4, -0.2) is 52.1 Å². The van der Waals surface area contributed by atoms with Gasteiger partial charge >= 0.3 is 0 Å². The first-order valence-electron chi connectivity index (χ1n) is 13.4. The number of thiazole rings is 1. The summed E-state index contributed by atoms with van der Waals surface area (Å²) in [6.07, 6.45) is 7.42. The molecule has 0 radical (unpaired) electrons. The Morgan fingerprint density at radius 1 is 1.05 bits per heavy atom. The molecule has 4 aromatic heterocycles. The molecule has 0 saturated heterocycles. The van der Waals surface area contributed by atoms with Crippen molar-refractivity contribution in [2.45, 2.75) is 33.0 Å². The highest BCUT2D eigenvalue weighted by Gasteiger charge is 2.29. The Bertz CT molecular complexity index is 1950. The number of hydrogen-bond donors (Lipinski definition) is 0. The highest BCUT2D eigenvalue weighted by molar-refractivity contribution is 7.17. The molecular formula is C30H24Cl2N8OS. The van der Waals surface area contributed by atoms with E-state index in [0.717, 1.165) is 27.6 Å². The standard InChI is InChI=1S/C30H24Cl2N8OS/c1-17-28(42-29(35-17)27-23(31)7-4-8-24(27)32)30(41)38-11-12-39-26(16-38)22(14-34-39)25-15-40(37-36-25)18(2)20-6-3-5-19-13-33-10-9-21(19)20/h3-10,13-15,18H,11-12,16H2,1-2H3/t18-/m0/s1. The van der Waals surface area contributed by atoms with Gasteiger partial charge in [-0.2, -0.15) is 5.10 Å². The van der Waals surface area contributed by atoms with E-state index >= 15 is 0 Å². The summed E-state index contributed by atoms with van der Waals surface area (Å²) in [5, 5.41) is 17.4. The van der Waals surface area contributed by atoms with Gasteiger partial charge in [0.2, 0.25) is 0 Å². The number of hydrogen-bond acceptors (Lipinski definition) is 7. The van der Waals surface area contributed by atoms with Crippen molar-refractivity contribution >= 4 is 51.2 Å². The van der Waals surface area contributed by atoms with Gasteiger partial charge in [-0.3, -0.25) is 14.5 Å². The van der Waals surface area contributed by atoms with Crippen LogP contribution in [0.2, 0.25) is 10.0 Å². The second-order valence-corrected chi connectivity index (χ2v) is 12.0. The fourth-order valence-corrected chi connectivity index (χ4v) is 7.22. The van der Waals surface area contributed by atoms with E-state index in [1.54, 1.807) is 30.6 Å². The van der Waals surface area contributed by atoms with Gasteiger partial charge in [0.1, 0.15) is 15.6 Å². The van der Waals surface area contributed by atoms with Crippen LogP contribution in [0.1, 0.15) is 39.6 Å². The van der Waals surface area contributed by atoms with E-state index in [2.05, 4.69) is 44.4 Å². The minimum atomic E-state index is -0.0828. The van der Waals surface area contributed by atoms with E-state index in [9.17, 15) is 4.79 Å². The van der Waals surface area contributed by atoms with Crippen LogP contribution in [0.4, 0.5) is 0 Å². The molecule has 0 saturated carbocycles. The zero-order valence-corrected chi connectivity index (χ0v) is 25.0. The number of amides is 1. The van der Waals surface area contributed by atoms with Crippen LogP contribution in [0.3, 0.4) is 0 Å². The Hall–Kier alpha value is -4.12. The predicted molar refractivity (Wildman–Crippen MR) is 164 cm³/mol. The molecule has 12 heteroatoms. The topological polar surface area (TPSA) is 94.6 Å². The zero-order valence-electron chi connectivity index (χ0n) is 22.7. The van der Waals surface area contributed by atoms with E-state index in [1.807, 2.05) is 45.7 Å². The number of rotatable bonds is 5. The molecule has 2 aromatic carbocycles. The third kappa shape index (κ3) is 4.56. The average Bonchev–Trinajstić information content (AvgIpc) is 3.74. The Morgan fingerprint density at radius 3 is 2.69 bits per heavy atom. The van der Waals surface area contributed by atoms with Gasteiger partial charge in [0.15, 0.2) is 0 Å². The molecule has 9 nitrogen and oxygen atoms in total. The molecule has 1 amide bonds. The van der Waals surface area contributed by atoms with Gasteiger partial charge in [0.25, 0.3) is 5.91 Å². The first kappa shape index (κ1) is 26.8. The summed E-state index contributed by atoms with van der Waals surface area (Å²) in [5.74, 6) is -0.0828. The number of carbonyl (C=O) groups excluding carboxylic acids is 1. The van der Waals surface area contributed by atoms with Crippen molar-refractivity contribution in [2.75, 3.05) is 6.54 Å². The molecule has 1 aliphatic heterocycles. The molecule has 210 valence electrons. The van der Waals surface area contributed by atoms with Crippen LogP contribution in [-0.2, 0) is 13.1 Å². The van der Waals surface area contributed by atoms with Crippen LogP contribution in [0, 0.1) is 6.92 Å². The van der Waals surface area contributed by atoms with Crippen LogP contribution in [0.25, 0.3) is 32.6 Å². The van der Waals surface area contributed by atoms with Gasteiger partial charge in [-0.05, 0) is 43.0 Å². The maximum atomic E-state index is 13.7. The van der Waals surface area contributed by atoms with E-state index in [1.165, 1.54) is 11.3 Å². The summed E-state index contributed by atoms with van der Waals surface area (Å²) in [5.41, 5.74) is 4.92. The highest BCUT2D eigenvalue weighted by Crippen LogP contribution is 2.38. The first-order valence-corrected chi connectivity index (χ1v) is 15.0. The average molecular weight is 616 g/mol. The maximum absolute atomic E-state index is 13.7. The Morgan fingerprint density at radius 2 is 1.86 bits per heavy atom. The molecule has 1 aliphatic rings. The molecule has 0 spiro atoms. The minimum absolute atomic E-state index is 0.0445. The summed E-state index contributed by atoms with van der Waals surface area (Å²) in [7, 11) is 0. The first-order chi connectivity index (χ1) is 20.4. The van der Waals surface area contributed by atoms with Crippen molar-refractivity contribution in [3.8, 4) is 21.8 Å². The SMILES string of the molecule is Cc1nc(-c2c(Cl)cccc2Cl)sc1C(=O)N1CCn2ncc(-c3cn([C@@H](C)c4cccc5cnccc45)nn3)c2C1. The second kappa shape index (κ2) is 10.6. The van der Waals surface area contributed by atoms with Gasteiger partial charge < -0.3 is 4.90 Å². The largest absolute Gasteiger partial charge is 0.330 e. The number of aryl methyl sites for hydroxylation is 1. The highest BCUT2D eigenvalue weighted by atomic mass is 35.5. The number of benzene rings is 2. The molecule has 6 aromatic rings. The van der Waals surface area contributed by atoms with Gasteiger partial charge in [-0.1, -0.05) is 52.7 Å². The van der Waals surface area contributed by atoms with E-state index in [4.69, 9.17) is 23.2 Å².